The Kier molecular flexibility index (Phi) is 2.66. The second-order valence-electron chi connectivity index (χ2n) is 5.67. The Morgan fingerprint density at radius 1 is 0.952 bits per heavy atom. The van der Waals surface area contributed by atoms with Gasteiger partial charge in [-0.15, -0.1) is 11.3 Å². The fraction of sp³-hybridized carbons (Fsp3) is 0.167. The number of nitrogens with one attached hydrogen (secondary N) is 1. The van der Waals surface area contributed by atoms with Crippen LogP contribution in [0.25, 0.3) is 31.8 Å². The molecule has 0 aliphatic heterocycles. The molecule has 4 rings (SSSR count). The third kappa shape index (κ3) is 1.96. The lowest BCUT2D eigenvalue weighted by Gasteiger charge is -1.96. The average molecular weight is 292 g/mol. The van der Waals surface area contributed by atoms with Crippen molar-refractivity contribution < 1.29 is 0 Å². The number of fused-ring (bicyclic) bond motifs is 2. The van der Waals surface area contributed by atoms with Crippen LogP contribution in [-0.4, -0.2) is 9.97 Å². The van der Waals surface area contributed by atoms with Crippen LogP contribution < -0.4 is 0 Å². The summed E-state index contributed by atoms with van der Waals surface area (Å²) in [6.07, 6.45) is 0. The molecule has 0 aliphatic rings. The van der Waals surface area contributed by atoms with Crippen molar-refractivity contribution in [3.63, 3.8) is 0 Å². The fourth-order valence-electron chi connectivity index (χ4n) is 2.74. The van der Waals surface area contributed by atoms with E-state index in [1.165, 1.54) is 32.3 Å². The van der Waals surface area contributed by atoms with Crippen molar-refractivity contribution >= 4 is 32.5 Å². The normalized spacial score (nSPS) is 11.6. The third-order valence-corrected chi connectivity index (χ3v) is 5.17. The van der Waals surface area contributed by atoms with Crippen molar-refractivity contribution in [2.45, 2.75) is 20.8 Å². The molecule has 0 saturated heterocycles. The number of H-pyrrole nitrogens is 1. The van der Waals surface area contributed by atoms with Crippen LogP contribution in [0.3, 0.4) is 0 Å². The van der Waals surface area contributed by atoms with Gasteiger partial charge in [-0.25, -0.2) is 4.98 Å². The number of benzene rings is 2. The zero-order valence-electron chi connectivity index (χ0n) is 12.3. The van der Waals surface area contributed by atoms with Gasteiger partial charge in [0.05, 0.1) is 15.9 Å². The molecule has 2 nitrogen and oxygen atoms in total. The molecule has 0 spiro atoms. The molecule has 0 saturated carbocycles. The summed E-state index contributed by atoms with van der Waals surface area (Å²) >= 11 is 1.77. The summed E-state index contributed by atoms with van der Waals surface area (Å²) in [6, 6.07) is 13.0. The van der Waals surface area contributed by atoms with Crippen molar-refractivity contribution in [3.05, 3.63) is 53.1 Å². The summed E-state index contributed by atoms with van der Waals surface area (Å²) in [5.41, 5.74) is 7.23. The second-order valence-corrected chi connectivity index (χ2v) is 6.67. The molecule has 0 amide bonds. The number of rotatable bonds is 1. The molecular weight excluding hydrogens is 276 g/mol. The molecule has 3 heteroatoms. The predicted octanol–water partition coefficient (Wildman–Crippen LogP) is 5.37. The molecule has 0 unspecified atom stereocenters. The molecule has 2 aromatic heterocycles. The average Bonchev–Trinajstić information content (AvgIpc) is 3.06. The molecule has 21 heavy (non-hydrogen) atoms. The summed E-state index contributed by atoms with van der Waals surface area (Å²) in [7, 11) is 0. The SMILES string of the molecule is Cc1ccc2[nH]c(-c3nc4c(C)ccc(C)c4s3)cc2c1. The lowest BCUT2D eigenvalue weighted by molar-refractivity contribution is 1.37. The molecule has 0 bridgehead atoms. The Balaban J connectivity index is 1.95. The van der Waals surface area contributed by atoms with Gasteiger partial charge in [-0.1, -0.05) is 23.8 Å². The lowest BCUT2D eigenvalue weighted by atomic mass is 10.1. The number of nitrogens with zero attached hydrogens (tertiary/aromatic N) is 1. The standard InChI is InChI=1S/C18H16N2S/c1-10-4-7-14-13(8-10)9-15(19-14)18-20-16-11(2)5-6-12(3)17(16)21-18/h4-9,19H,1-3H3. The van der Waals surface area contributed by atoms with Crippen molar-refractivity contribution in [1.82, 2.24) is 9.97 Å². The molecule has 104 valence electrons. The minimum atomic E-state index is 1.07. The Morgan fingerprint density at radius 2 is 1.76 bits per heavy atom. The van der Waals surface area contributed by atoms with Crippen LogP contribution in [0.5, 0.6) is 0 Å². The Hall–Kier alpha value is -2.13. The predicted molar refractivity (Wildman–Crippen MR) is 91.1 cm³/mol. The molecule has 4 aromatic rings. The van der Waals surface area contributed by atoms with Gasteiger partial charge in [-0.2, -0.15) is 0 Å². The van der Waals surface area contributed by atoms with Crippen LogP contribution in [-0.2, 0) is 0 Å². The van der Waals surface area contributed by atoms with Crippen LogP contribution in [0.1, 0.15) is 16.7 Å². The highest BCUT2D eigenvalue weighted by Crippen LogP contribution is 2.34. The van der Waals surface area contributed by atoms with Gasteiger partial charge in [0.1, 0.15) is 5.01 Å². The maximum atomic E-state index is 4.85. The van der Waals surface area contributed by atoms with Gasteiger partial charge in [-0.3, -0.25) is 0 Å². The summed E-state index contributed by atoms with van der Waals surface area (Å²) in [6.45, 7) is 6.40. The monoisotopic (exact) mass is 292 g/mol. The first-order valence-electron chi connectivity index (χ1n) is 7.08. The van der Waals surface area contributed by atoms with Gasteiger partial charge in [0, 0.05) is 10.9 Å². The van der Waals surface area contributed by atoms with Gasteiger partial charge in [-0.05, 0) is 50.1 Å². The summed E-state index contributed by atoms with van der Waals surface area (Å²) in [5, 5.41) is 2.31. The Labute approximate surface area is 127 Å². The van der Waals surface area contributed by atoms with Crippen LogP contribution >= 0.6 is 11.3 Å². The van der Waals surface area contributed by atoms with E-state index in [0.29, 0.717) is 0 Å². The molecular formula is C18H16N2S. The van der Waals surface area contributed by atoms with Crippen molar-refractivity contribution in [1.29, 1.82) is 0 Å². The highest BCUT2D eigenvalue weighted by Gasteiger charge is 2.12. The Morgan fingerprint density at radius 3 is 2.57 bits per heavy atom. The Bertz CT molecular complexity index is 937. The molecule has 2 aromatic carbocycles. The van der Waals surface area contributed by atoms with Gasteiger partial charge in [0.25, 0.3) is 0 Å². The van der Waals surface area contributed by atoms with E-state index in [0.717, 1.165) is 16.2 Å². The molecule has 1 N–H and O–H groups in total. The maximum Gasteiger partial charge on any atom is 0.140 e. The fourth-order valence-corrected chi connectivity index (χ4v) is 3.82. The minimum Gasteiger partial charge on any atom is -0.353 e. The first kappa shape index (κ1) is 12.6. The van der Waals surface area contributed by atoms with Crippen LogP contribution in [0, 0.1) is 20.8 Å². The largest absolute Gasteiger partial charge is 0.353 e. The van der Waals surface area contributed by atoms with Gasteiger partial charge in [0.2, 0.25) is 0 Å². The zero-order valence-corrected chi connectivity index (χ0v) is 13.1. The number of thiazole rings is 1. The van der Waals surface area contributed by atoms with E-state index in [9.17, 15) is 0 Å². The van der Waals surface area contributed by atoms with E-state index in [-0.39, 0.29) is 0 Å². The van der Waals surface area contributed by atoms with Crippen LogP contribution in [0.4, 0.5) is 0 Å². The van der Waals surface area contributed by atoms with E-state index in [4.69, 9.17) is 4.98 Å². The topological polar surface area (TPSA) is 28.7 Å². The minimum absolute atomic E-state index is 1.07. The van der Waals surface area contributed by atoms with Crippen LogP contribution in [0.15, 0.2) is 36.4 Å². The zero-order chi connectivity index (χ0) is 14.6. The molecule has 2 heterocycles. The van der Waals surface area contributed by atoms with Crippen LogP contribution in [0.2, 0.25) is 0 Å². The summed E-state index contributed by atoms with van der Waals surface area (Å²) < 4.78 is 1.29. The van der Waals surface area contributed by atoms with E-state index in [1.54, 1.807) is 11.3 Å². The lowest BCUT2D eigenvalue weighted by Crippen LogP contribution is -1.79. The van der Waals surface area contributed by atoms with E-state index < -0.39 is 0 Å². The number of hydrogen-bond acceptors (Lipinski definition) is 2. The number of aromatic amines is 1. The van der Waals surface area contributed by atoms with E-state index in [1.807, 2.05) is 0 Å². The molecule has 0 aliphatic carbocycles. The second kappa shape index (κ2) is 4.43. The molecule has 0 atom stereocenters. The number of aromatic nitrogens is 2. The maximum absolute atomic E-state index is 4.85. The molecule has 0 fully saturated rings. The first-order chi connectivity index (χ1) is 10.1. The van der Waals surface area contributed by atoms with Crippen molar-refractivity contribution in [2.24, 2.45) is 0 Å². The van der Waals surface area contributed by atoms with Crippen molar-refractivity contribution in [3.8, 4) is 10.7 Å². The highest BCUT2D eigenvalue weighted by atomic mass is 32.1. The van der Waals surface area contributed by atoms with Gasteiger partial charge < -0.3 is 4.98 Å². The summed E-state index contributed by atoms with van der Waals surface area (Å²) in [4.78, 5) is 8.34. The highest BCUT2D eigenvalue weighted by molar-refractivity contribution is 7.21. The quantitative estimate of drug-likeness (QED) is 0.502. The summed E-state index contributed by atoms with van der Waals surface area (Å²) in [5.74, 6) is 0. The van der Waals surface area contributed by atoms with Gasteiger partial charge in [0.15, 0.2) is 0 Å². The smallest absolute Gasteiger partial charge is 0.140 e. The third-order valence-electron chi connectivity index (χ3n) is 3.95. The number of hydrogen-bond donors (Lipinski definition) is 1. The number of aryl methyl sites for hydroxylation is 3. The molecule has 0 radical (unpaired) electrons. The van der Waals surface area contributed by atoms with E-state index in [2.05, 4.69) is 62.2 Å². The van der Waals surface area contributed by atoms with Crippen molar-refractivity contribution in [2.75, 3.05) is 0 Å². The van der Waals surface area contributed by atoms with Gasteiger partial charge >= 0.3 is 0 Å². The first-order valence-corrected chi connectivity index (χ1v) is 7.90. The van der Waals surface area contributed by atoms with E-state index >= 15 is 0 Å².